The van der Waals surface area contributed by atoms with E-state index in [0.717, 1.165) is 12.8 Å². The van der Waals surface area contributed by atoms with Gasteiger partial charge in [0.2, 0.25) is 0 Å². The van der Waals surface area contributed by atoms with E-state index < -0.39 is 42.5 Å². The maximum absolute atomic E-state index is 11.1. The molecule has 35 heavy (non-hydrogen) atoms. The second-order valence-electron chi connectivity index (χ2n) is 13.8. The minimum atomic E-state index is -1.25. The normalized spacial score (nSPS) is 17.9. The Labute approximate surface area is 219 Å². The number of hydrogen-bond donors (Lipinski definition) is 8. The van der Waals surface area contributed by atoms with Crippen LogP contribution in [0, 0.1) is 16.2 Å². The van der Waals surface area contributed by atoms with Gasteiger partial charge in [0, 0.05) is 25.0 Å². The Bertz CT molecular complexity index is 631. The number of nitrogens with one attached hydrogen (secondary N) is 3. The van der Waals surface area contributed by atoms with Crippen LogP contribution in [-0.4, -0.2) is 86.3 Å². The van der Waals surface area contributed by atoms with Crippen LogP contribution < -0.4 is 16.0 Å². The van der Waals surface area contributed by atoms with E-state index in [-0.39, 0.29) is 35.9 Å². The van der Waals surface area contributed by atoms with Gasteiger partial charge < -0.3 is 41.5 Å². The molecule has 0 aromatic rings. The molecule has 5 atom stereocenters. The fourth-order valence-electron chi connectivity index (χ4n) is 5.01. The molecule has 0 amide bonds. The monoisotopic (exact) mass is 521 g/mol. The van der Waals surface area contributed by atoms with E-state index in [1.54, 1.807) is 0 Å². The lowest BCUT2D eigenvalue weighted by atomic mass is 9.71. The van der Waals surface area contributed by atoms with Gasteiger partial charge in [0.25, 0.3) is 0 Å². The molecule has 0 saturated carbocycles. The lowest BCUT2D eigenvalue weighted by Gasteiger charge is -2.39. The van der Waals surface area contributed by atoms with E-state index in [0.29, 0.717) is 5.11 Å². The van der Waals surface area contributed by atoms with Crippen molar-refractivity contribution in [3.8, 4) is 0 Å². The summed E-state index contributed by atoms with van der Waals surface area (Å²) in [5.41, 5.74) is -0.547. The minimum absolute atomic E-state index is 0.0282. The molecule has 0 aromatic carbocycles. The SMILES string of the molecule is CC(C)(C)CC(C)(C)NC(=S)NC(CNCC(O)C(O)CO)C(O)CC(O)C(C)(C)CC(C)(C)C. The molecule has 0 bridgehead atoms. The van der Waals surface area contributed by atoms with Crippen LogP contribution in [0.2, 0.25) is 0 Å². The Balaban J connectivity index is 5.38. The van der Waals surface area contributed by atoms with Crippen molar-refractivity contribution in [3.05, 3.63) is 0 Å². The summed E-state index contributed by atoms with van der Waals surface area (Å²) in [6, 6.07) is -0.556. The second-order valence-corrected chi connectivity index (χ2v) is 14.3. The molecular formula is C26H55N3O5S. The van der Waals surface area contributed by atoms with Gasteiger partial charge in [-0.15, -0.1) is 0 Å². The van der Waals surface area contributed by atoms with Gasteiger partial charge in [-0.3, -0.25) is 0 Å². The van der Waals surface area contributed by atoms with Crippen LogP contribution in [0.15, 0.2) is 0 Å². The molecule has 0 aliphatic rings. The fourth-order valence-corrected chi connectivity index (χ4v) is 5.43. The topological polar surface area (TPSA) is 137 Å². The number of aliphatic hydroxyl groups is 5. The van der Waals surface area contributed by atoms with E-state index in [2.05, 4.69) is 71.3 Å². The lowest BCUT2D eigenvalue weighted by molar-refractivity contribution is -0.0234. The van der Waals surface area contributed by atoms with E-state index in [4.69, 9.17) is 17.3 Å². The van der Waals surface area contributed by atoms with Gasteiger partial charge in [-0.1, -0.05) is 55.4 Å². The van der Waals surface area contributed by atoms with Crippen molar-refractivity contribution in [2.24, 2.45) is 16.2 Å². The molecule has 0 spiro atoms. The fraction of sp³-hybridized carbons (Fsp3) is 0.962. The van der Waals surface area contributed by atoms with Crippen LogP contribution in [-0.2, 0) is 0 Å². The molecule has 0 fully saturated rings. The van der Waals surface area contributed by atoms with Crippen LogP contribution in [0.25, 0.3) is 0 Å². The zero-order chi connectivity index (χ0) is 27.8. The average molecular weight is 522 g/mol. The van der Waals surface area contributed by atoms with Gasteiger partial charge in [-0.2, -0.15) is 0 Å². The van der Waals surface area contributed by atoms with Gasteiger partial charge >= 0.3 is 0 Å². The van der Waals surface area contributed by atoms with Crippen LogP contribution in [0.5, 0.6) is 0 Å². The highest BCUT2D eigenvalue weighted by atomic mass is 32.1. The smallest absolute Gasteiger partial charge is 0.167 e. The van der Waals surface area contributed by atoms with E-state index in [1.807, 2.05) is 13.8 Å². The summed E-state index contributed by atoms with van der Waals surface area (Å²) >= 11 is 5.56. The Hall–Kier alpha value is -0.550. The third-order valence-electron chi connectivity index (χ3n) is 5.91. The first-order chi connectivity index (χ1) is 15.6. The van der Waals surface area contributed by atoms with E-state index in [1.165, 1.54) is 0 Å². The van der Waals surface area contributed by atoms with Crippen LogP contribution in [0.4, 0.5) is 0 Å². The summed E-state index contributed by atoms with van der Waals surface area (Å²) in [4.78, 5) is 0. The van der Waals surface area contributed by atoms with E-state index in [9.17, 15) is 20.4 Å². The Kier molecular flexibility index (Phi) is 13.6. The summed E-state index contributed by atoms with van der Waals surface area (Å²) < 4.78 is 0. The van der Waals surface area contributed by atoms with E-state index >= 15 is 0 Å². The van der Waals surface area contributed by atoms with Crippen LogP contribution >= 0.6 is 12.2 Å². The molecular weight excluding hydrogens is 466 g/mol. The molecule has 0 aliphatic carbocycles. The Morgan fingerprint density at radius 1 is 0.743 bits per heavy atom. The largest absolute Gasteiger partial charge is 0.394 e. The maximum atomic E-state index is 11.1. The standard InChI is InChI=1S/C26H55N3O5S/c1-23(2,3)15-25(7,8)21(34)11-18(31)17(12-27-13-19(32)20(33)14-30)28-22(35)29-26(9,10)16-24(4,5)6/h17-21,27,30-34H,11-16H2,1-10H3,(H2,28,29,35). The second kappa shape index (κ2) is 13.8. The first-order valence-electron chi connectivity index (χ1n) is 12.7. The molecule has 8 N–H and O–H groups in total. The van der Waals surface area contributed by atoms with Crippen LogP contribution in [0.3, 0.4) is 0 Å². The molecule has 210 valence electrons. The summed E-state index contributed by atoms with van der Waals surface area (Å²) in [5, 5.41) is 60.6. The number of thiocarbonyl (C=S) groups is 1. The van der Waals surface area contributed by atoms with Crippen molar-refractivity contribution in [2.45, 2.75) is 124 Å². The highest BCUT2D eigenvalue weighted by Crippen LogP contribution is 2.37. The zero-order valence-electron chi connectivity index (χ0n) is 23.8. The van der Waals surface area contributed by atoms with Crippen molar-refractivity contribution in [3.63, 3.8) is 0 Å². The minimum Gasteiger partial charge on any atom is -0.394 e. The highest BCUT2D eigenvalue weighted by molar-refractivity contribution is 7.80. The van der Waals surface area contributed by atoms with Gasteiger partial charge in [-0.25, -0.2) is 0 Å². The summed E-state index contributed by atoms with van der Waals surface area (Å²) in [5.74, 6) is 0. The third-order valence-corrected chi connectivity index (χ3v) is 6.13. The molecule has 0 saturated heterocycles. The molecule has 8 nitrogen and oxygen atoms in total. The molecule has 0 aromatic heterocycles. The molecule has 9 heteroatoms. The number of rotatable bonds is 14. The Morgan fingerprint density at radius 2 is 1.26 bits per heavy atom. The third kappa shape index (κ3) is 15.3. The van der Waals surface area contributed by atoms with Crippen molar-refractivity contribution < 1.29 is 25.5 Å². The highest BCUT2D eigenvalue weighted by Gasteiger charge is 2.35. The van der Waals surface area contributed by atoms with Crippen molar-refractivity contribution in [2.75, 3.05) is 19.7 Å². The predicted molar refractivity (Wildman–Crippen MR) is 147 cm³/mol. The van der Waals surface area contributed by atoms with Crippen LogP contribution in [0.1, 0.15) is 88.5 Å². The van der Waals surface area contributed by atoms with Gasteiger partial charge in [0.15, 0.2) is 5.11 Å². The first kappa shape index (κ1) is 34.5. The molecule has 0 rings (SSSR count). The maximum Gasteiger partial charge on any atom is 0.167 e. The van der Waals surface area contributed by atoms with Crippen molar-refractivity contribution in [1.29, 1.82) is 0 Å². The average Bonchev–Trinajstić information content (AvgIpc) is 2.61. The summed E-state index contributed by atoms with van der Waals surface area (Å²) in [6.45, 7) is 20.7. The van der Waals surface area contributed by atoms with Gasteiger partial charge in [0.05, 0.1) is 31.0 Å². The van der Waals surface area contributed by atoms with Gasteiger partial charge in [0.1, 0.15) is 6.10 Å². The molecule has 0 radical (unpaired) electrons. The number of hydrogen-bond acceptors (Lipinski definition) is 7. The van der Waals surface area contributed by atoms with Crippen molar-refractivity contribution >= 4 is 17.3 Å². The molecule has 0 aliphatic heterocycles. The summed E-state index contributed by atoms with van der Waals surface area (Å²) in [6.07, 6.45) is -2.25. The Morgan fingerprint density at radius 3 is 1.71 bits per heavy atom. The van der Waals surface area contributed by atoms with Gasteiger partial charge in [-0.05, 0) is 55.2 Å². The predicted octanol–water partition coefficient (Wildman–Crippen LogP) is 1.91. The number of aliphatic hydroxyl groups excluding tert-OH is 5. The zero-order valence-corrected chi connectivity index (χ0v) is 24.6. The first-order valence-corrected chi connectivity index (χ1v) is 13.1. The molecule has 5 unspecified atom stereocenters. The molecule has 0 heterocycles. The quantitative estimate of drug-likeness (QED) is 0.161. The van der Waals surface area contributed by atoms with Crippen molar-refractivity contribution in [1.82, 2.24) is 16.0 Å². The summed E-state index contributed by atoms with van der Waals surface area (Å²) in [7, 11) is 0. The lowest BCUT2D eigenvalue weighted by Crippen LogP contribution is -2.57.